The SMILES string of the molecule is Cc1cc(CCNS(=O)(=O)c2ccc3c(c2)CCCC3)c(C)[nH]1. The molecular formula is C18H24N2O2S. The fourth-order valence-electron chi connectivity index (χ4n) is 3.32. The van der Waals surface area contributed by atoms with Crippen LogP contribution in [-0.2, 0) is 29.3 Å². The average Bonchev–Trinajstić information content (AvgIpc) is 2.84. The molecule has 0 amide bonds. The molecule has 0 saturated heterocycles. The Morgan fingerprint density at radius 1 is 1.09 bits per heavy atom. The van der Waals surface area contributed by atoms with Crippen molar-refractivity contribution in [2.75, 3.05) is 6.54 Å². The molecule has 2 aromatic rings. The molecule has 1 aliphatic carbocycles. The third kappa shape index (κ3) is 3.67. The van der Waals surface area contributed by atoms with Crippen LogP contribution in [0.25, 0.3) is 0 Å². The maximum absolute atomic E-state index is 12.5. The van der Waals surface area contributed by atoms with Crippen LogP contribution in [-0.4, -0.2) is 19.9 Å². The van der Waals surface area contributed by atoms with Gasteiger partial charge in [-0.25, -0.2) is 13.1 Å². The summed E-state index contributed by atoms with van der Waals surface area (Å²) in [6.45, 7) is 4.44. The summed E-state index contributed by atoms with van der Waals surface area (Å²) in [7, 11) is -3.43. The molecule has 0 radical (unpaired) electrons. The molecular weight excluding hydrogens is 308 g/mol. The maximum Gasteiger partial charge on any atom is 0.240 e. The zero-order chi connectivity index (χ0) is 16.4. The fourth-order valence-corrected chi connectivity index (χ4v) is 4.40. The minimum Gasteiger partial charge on any atom is -0.362 e. The first kappa shape index (κ1) is 16.3. The van der Waals surface area contributed by atoms with Crippen LogP contribution >= 0.6 is 0 Å². The number of fused-ring (bicyclic) bond motifs is 1. The van der Waals surface area contributed by atoms with Gasteiger partial charge in [-0.05, 0) is 80.8 Å². The van der Waals surface area contributed by atoms with Gasteiger partial charge in [-0.3, -0.25) is 0 Å². The lowest BCUT2D eigenvalue weighted by Crippen LogP contribution is -2.26. The summed E-state index contributed by atoms with van der Waals surface area (Å²) in [5.41, 5.74) is 5.87. The van der Waals surface area contributed by atoms with Crippen LogP contribution in [0.5, 0.6) is 0 Å². The number of aromatic amines is 1. The highest BCUT2D eigenvalue weighted by Crippen LogP contribution is 2.24. The molecule has 4 nitrogen and oxygen atoms in total. The van der Waals surface area contributed by atoms with Crippen LogP contribution in [0.15, 0.2) is 29.2 Å². The number of H-pyrrole nitrogens is 1. The number of hydrogen-bond donors (Lipinski definition) is 2. The molecule has 124 valence electrons. The number of benzene rings is 1. The van der Waals surface area contributed by atoms with Crippen molar-refractivity contribution in [3.05, 3.63) is 52.3 Å². The van der Waals surface area contributed by atoms with Crippen molar-refractivity contribution in [3.63, 3.8) is 0 Å². The highest BCUT2D eigenvalue weighted by Gasteiger charge is 2.17. The molecule has 23 heavy (non-hydrogen) atoms. The zero-order valence-electron chi connectivity index (χ0n) is 13.8. The van der Waals surface area contributed by atoms with Crippen molar-refractivity contribution in [3.8, 4) is 0 Å². The van der Waals surface area contributed by atoms with Crippen LogP contribution in [0.2, 0.25) is 0 Å². The maximum atomic E-state index is 12.5. The molecule has 2 N–H and O–H groups in total. The normalized spacial score (nSPS) is 14.7. The highest BCUT2D eigenvalue weighted by atomic mass is 32.2. The van der Waals surface area contributed by atoms with E-state index in [-0.39, 0.29) is 0 Å². The van der Waals surface area contributed by atoms with Crippen LogP contribution < -0.4 is 4.72 Å². The Hall–Kier alpha value is -1.59. The molecule has 0 spiro atoms. The van der Waals surface area contributed by atoms with Crippen molar-refractivity contribution in [2.24, 2.45) is 0 Å². The van der Waals surface area contributed by atoms with Gasteiger partial charge < -0.3 is 4.98 Å². The van der Waals surface area contributed by atoms with Crippen LogP contribution in [0, 0.1) is 13.8 Å². The first-order valence-corrected chi connectivity index (χ1v) is 9.70. The Morgan fingerprint density at radius 2 is 1.83 bits per heavy atom. The van der Waals surface area contributed by atoms with E-state index in [1.807, 2.05) is 26.0 Å². The largest absolute Gasteiger partial charge is 0.362 e. The molecule has 0 bridgehead atoms. The second kappa shape index (κ2) is 6.49. The van der Waals surface area contributed by atoms with Gasteiger partial charge in [0.15, 0.2) is 0 Å². The van der Waals surface area contributed by atoms with Gasteiger partial charge in [-0.2, -0.15) is 0 Å². The molecule has 0 aliphatic heterocycles. The number of aromatic nitrogens is 1. The molecule has 1 heterocycles. The summed E-state index contributed by atoms with van der Waals surface area (Å²) in [5.74, 6) is 0. The van der Waals surface area contributed by atoms with Crippen molar-refractivity contribution >= 4 is 10.0 Å². The number of sulfonamides is 1. The fraction of sp³-hybridized carbons (Fsp3) is 0.444. The summed E-state index contributed by atoms with van der Waals surface area (Å²) < 4.78 is 27.7. The lowest BCUT2D eigenvalue weighted by Gasteiger charge is -2.16. The molecule has 1 aliphatic rings. The average molecular weight is 332 g/mol. The van der Waals surface area contributed by atoms with E-state index in [1.54, 1.807) is 6.07 Å². The van der Waals surface area contributed by atoms with E-state index < -0.39 is 10.0 Å². The van der Waals surface area contributed by atoms with Crippen molar-refractivity contribution < 1.29 is 8.42 Å². The van der Waals surface area contributed by atoms with E-state index >= 15 is 0 Å². The Balaban J connectivity index is 1.68. The van der Waals surface area contributed by atoms with Gasteiger partial charge >= 0.3 is 0 Å². The van der Waals surface area contributed by atoms with Crippen LogP contribution in [0.4, 0.5) is 0 Å². The first-order chi connectivity index (χ1) is 11.0. The molecule has 5 heteroatoms. The third-order valence-electron chi connectivity index (χ3n) is 4.57. The Labute approximate surface area is 138 Å². The van der Waals surface area contributed by atoms with Gasteiger partial charge in [-0.1, -0.05) is 6.07 Å². The summed E-state index contributed by atoms with van der Waals surface area (Å²) in [6.07, 6.45) is 5.10. The summed E-state index contributed by atoms with van der Waals surface area (Å²) in [4.78, 5) is 3.63. The quantitative estimate of drug-likeness (QED) is 0.884. The number of rotatable bonds is 5. The van der Waals surface area contributed by atoms with Gasteiger partial charge in [0.25, 0.3) is 0 Å². The monoisotopic (exact) mass is 332 g/mol. The molecule has 1 aromatic carbocycles. The first-order valence-electron chi connectivity index (χ1n) is 8.22. The smallest absolute Gasteiger partial charge is 0.240 e. The zero-order valence-corrected chi connectivity index (χ0v) is 14.6. The molecule has 0 fully saturated rings. The van der Waals surface area contributed by atoms with E-state index in [4.69, 9.17) is 0 Å². The van der Waals surface area contributed by atoms with Gasteiger partial charge in [0.1, 0.15) is 0 Å². The number of nitrogens with one attached hydrogen (secondary N) is 2. The number of aryl methyl sites for hydroxylation is 4. The molecule has 0 saturated carbocycles. The van der Waals surface area contributed by atoms with E-state index in [0.717, 1.165) is 36.2 Å². The third-order valence-corrected chi connectivity index (χ3v) is 6.03. The molecule has 3 rings (SSSR count). The number of hydrogen-bond acceptors (Lipinski definition) is 2. The lowest BCUT2D eigenvalue weighted by molar-refractivity contribution is 0.581. The topological polar surface area (TPSA) is 62.0 Å². The van der Waals surface area contributed by atoms with Crippen LogP contribution in [0.1, 0.15) is 40.9 Å². The van der Waals surface area contributed by atoms with Crippen LogP contribution in [0.3, 0.4) is 0 Å². The highest BCUT2D eigenvalue weighted by molar-refractivity contribution is 7.89. The molecule has 0 atom stereocenters. The van der Waals surface area contributed by atoms with Crippen molar-refractivity contribution in [2.45, 2.75) is 50.8 Å². The summed E-state index contributed by atoms with van der Waals surface area (Å²) in [6, 6.07) is 7.63. The van der Waals surface area contributed by atoms with Gasteiger partial charge in [0.05, 0.1) is 4.90 Å². The van der Waals surface area contributed by atoms with E-state index in [0.29, 0.717) is 17.9 Å². The standard InChI is InChI=1S/C18H24N2O2S/c1-13-11-16(14(2)20-13)9-10-19-23(21,22)18-8-7-15-5-3-4-6-17(15)12-18/h7-8,11-12,19-20H,3-6,9-10H2,1-2H3. The predicted octanol–water partition coefficient (Wildman–Crippen LogP) is 3.03. The Morgan fingerprint density at radius 3 is 2.52 bits per heavy atom. The van der Waals surface area contributed by atoms with Crippen molar-refractivity contribution in [1.29, 1.82) is 0 Å². The second-order valence-corrected chi connectivity index (χ2v) is 8.15. The Bertz CT molecular complexity index is 806. The van der Waals surface area contributed by atoms with E-state index in [1.165, 1.54) is 17.5 Å². The Kier molecular flexibility index (Phi) is 4.60. The predicted molar refractivity (Wildman–Crippen MR) is 92.2 cm³/mol. The van der Waals surface area contributed by atoms with Gasteiger partial charge in [0, 0.05) is 17.9 Å². The molecule has 0 unspecified atom stereocenters. The molecule has 1 aromatic heterocycles. The lowest BCUT2D eigenvalue weighted by atomic mass is 9.92. The van der Waals surface area contributed by atoms with Gasteiger partial charge in [-0.15, -0.1) is 0 Å². The van der Waals surface area contributed by atoms with Gasteiger partial charge in [0.2, 0.25) is 10.0 Å². The van der Waals surface area contributed by atoms with E-state index in [9.17, 15) is 8.42 Å². The summed E-state index contributed by atoms with van der Waals surface area (Å²) in [5, 5.41) is 0. The second-order valence-electron chi connectivity index (χ2n) is 6.39. The summed E-state index contributed by atoms with van der Waals surface area (Å²) >= 11 is 0. The minimum atomic E-state index is -3.43. The van der Waals surface area contributed by atoms with Crippen molar-refractivity contribution in [1.82, 2.24) is 9.71 Å². The van der Waals surface area contributed by atoms with E-state index in [2.05, 4.69) is 15.8 Å². The minimum absolute atomic E-state index is 0.389.